The van der Waals surface area contributed by atoms with Gasteiger partial charge in [0.15, 0.2) is 4.34 Å². The number of thiophene rings is 1. The fraction of sp³-hybridized carbons (Fsp3) is 0.118. The average molecular weight is 449 g/mol. The first kappa shape index (κ1) is 19.1. The maximum absolute atomic E-state index is 12.5. The van der Waals surface area contributed by atoms with E-state index in [4.69, 9.17) is 11.6 Å². The van der Waals surface area contributed by atoms with Gasteiger partial charge in [-0.25, -0.2) is 9.67 Å². The molecule has 1 amide bonds. The zero-order valence-corrected chi connectivity index (χ0v) is 17.7. The molecule has 0 unspecified atom stereocenters. The molecule has 0 aliphatic rings. The molecule has 0 saturated heterocycles. The first-order valence-corrected chi connectivity index (χ1v) is 11.1. The van der Waals surface area contributed by atoms with Crippen molar-refractivity contribution >= 4 is 57.1 Å². The van der Waals surface area contributed by atoms with Crippen LogP contribution in [0.3, 0.4) is 0 Å². The lowest BCUT2D eigenvalue weighted by Gasteiger charge is -2.04. The predicted octanol–water partition coefficient (Wildman–Crippen LogP) is 4.69. The maximum Gasteiger partial charge on any atom is 0.297 e. The first-order chi connectivity index (χ1) is 13.6. The number of hydrogen-bond acceptors (Lipinski definition) is 8. The van der Waals surface area contributed by atoms with Crippen LogP contribution in [0.5, 0.6) is 0 Å². The topological polar surface area (TPSA) is 85.6 Å². The number of aromatic nitrogens is 5. The van der Waals surface area contributed by atoms with Gasteiger partial charge in [0, 0.05) is 10.6 Å². The van der Waals surface area contributed by atoms with Crippen molar-refractivity contribution in [2.45, 2.75) is 17.0 Å². The number of nitrogens with one attached hydrogen (secondary N) is 1. The number of hydrogen-bond donors (Lipinski definition) is 1. The Bertz CT molecular complexity index is 1110. The second-order valence-corrected chi connectivity index (χ2v) is 9.18. The summed E-state index contributed by atoms with van der Waals surface area (Å²) in [6, 6.07) is 11.3. The van der Waals surface area contributed by atoms with Gasteiger partial charge in [0.05, 0.1) is 10.7 Å². The van der Waals surface area contributed by atoms with E-state index in [1.54, 1.807) is 40.8 Å². The fourth-order valence-corrected chi connectivity index (χ4v) is 5.07. The molecule has 4 aromatic rings. The fourth-order valence-electron chi connectivity index (χ4n) is 2.34. The minimum atomic E-state index is -0.445. The Kier molecular flexibility index (Phi) is 5.72. The molecule has 3 heterocycles. The first-order valence-electron chi connectivity index (χ1n) is 8.09. The van der Waals surface area contributed by atoms with Crippen LogP contribution < -0.4 is 5.32 Å². The molecule has 1 N–H and O–H groups in total. The molecule has 4 rings (SSSR count). The van der Waals surface area contributed by atoms with Crippen molar-refractivity contribution < 1.29 is 4.79 Å². The molecule has 0 aliphatic heterocycles. The number of benzene rings is 1. The lowest BCUT2D eigenvalue weighted by atomic mass is 10.3. The zero-order chi connectivity index (χ0) is 19.5. The van der Waals surface area contributed by atoms with Gasteiger partial charge in [-0.1, -0.05) is 52.9 Å². The van der Waals surface area contributed by atoms with E-state index in [0.717, 1.165) is 10.1 Å². The van der Waals surface area contributed by atoms with E-state index in [9.17, 15) is 4.79 Å². The van der Waals surface area contributed by atoms with Gasteiger partial charge in [0.25, 0.3) is 5.91 Å². The number of amides is 1. The number of carbonyl (C=O) groups excluding carboxylic acids is 1. The quantitative estimate of drug-likeness (QED) is 0.340. The van der Waals surface area contributed by atoms with Gasteiger partial charge in [0.1, 0.15) is 5.82 Å². The van der Waals surface area contributed by atoms with Crippen LogP contribution in [0.15, 0.2) is 46.1 Å². The van der Waals surface area contributed by atoms with Crippen LogP contribution >= 0.6 is 46.0 Å². The van der Waals surface area contributed by atoms with Gasteiger partial charge >= 0.3 is 0 Å². The van der Waals surface area contributed by atoms with Crippen LogP contribution in [0.1, 0.15) is 21.3 Å². The number of rotatable bonds is 6. The lowest BCUT2D eigenvalue weighted by Crippen LogP contribution is -2.14. The highest BCUT2D eigenvalue weighted by Gasteiger charge is 2.18. The molecule has 0 radical (unpaired) electrons. The van der Waals surface area contributed by atoms with Crippen molar-refractivity contribution in [1.82, 2.24) is 25.0 Å². The van der Waals surface area contributed by atoms with Crippen LogP contribution in [0.4, 0.5) is 5.13 Å². The Morgan fingerprint density at radius 3 is 2.89 bits per heavy atom. The third-order valence-electron chi connectivity index (χ3n) is 3.60. The van der Waals surface area contributed by atoms with Crippen molar-refractivity contribution in [1.29, 1.82) is 0 Å². The Morgan fingerprint density at radius 1 is 1.25 bits per heavy atom. The number of nitrogens with zero attached hydrogens (tertiary/aromatic N) is 5. The highest BCUT2D eigenvalue weighted by molar-refractivity contribution is 8.00. The zero-order valence-electron chi connectivity index (χ0n) is 14.5. The Hall–Kier alpha value is -2.27. The van der Waals surface area contributed by atoms with Crippen LogP contribution in [0, 0.1) is 6.92 Å². The van der Waals surface area contributed by atoms with Crippen molar-refractivity contribution in [3.8, 4) is 5.69 Å². The second-order valence-electron chi connectivity index (χ2n) is 5.54. The van der Waals surface area contributed by atoms with E-state index in [1.165, 1.54) is 16.2 Å². The van der Waals surface area contributed by atoms with E-state index in [1.807, 2.05) is 29.6 Å². The Labute approximate surface area is 177 Å². The minimum absolute atomic E-state index is 0.0420. The molecule has 7 nitrogen and oxygen atoms in total. The van der Waals surface area contributed by atoms with Crippen molar-refractivity contribution in [3.63, 3.8) is 0 Å². The molecule has 0 fully saturated rings. The number of halogens is 1. The monoisotopic (exact) mass is 448 g/mol. The highest BCUT2D eigenvalue weighted by atomic mass is 35.5. The highest BCUT2D eigenvalue weighted by Crippen LogP contribution is 2.29. The van der Waals surface area contributed by atoms with E-state index >= 15 is 0 Å². The summed E-state index contributed by atoms with van der Waals surface area (Å²) < 4.78 is 2.33. The molecule has 0 spiro atoms. The lowest BCUT2D eigenvalue weighted by molar-refractivity contribution is 0.101. The molecule has 0 aliphatic carbocycles. The summed E-state index contributed by atoms with van der Waals surface area (Å²) in [4.78, 5) is 18.0. The van der Waals surface area contributed by atoms with Gasteiger partial charge in [0.2, 0.25) is 11.0 Å². The summed E-state index contributed by atoms with van der Waals surface area (Å²) in [6.07, 6.45) is 0. The van der Waals surface area contributed by atoms with Crippen molar-refractivity contribution in [3.05, 3.63) is 63.3 Å². The minimum Gasteiger partial charge on any atom is -0.294 e. The number of thioether (sulfide) groups is 1. The van der Waals surface area contributed by atoms with Gasteiger partial charge in [-0.05, 0) is 30.5 Å². The van der Waals surface area contributed by atoms with E-state index in [-0.39, 0.29) is 5.82 Å². The van der Waals surface area contributed by atoms with Gasteiger partial charge < -0.3 is 0 Å². The summed E-state index contributed by atoms with van der Waals surface area (Å²) in [7, 11) is 0. The molecule has 28 heavy (non-hydrogen) atoms. The molecular formula is C17H13ClN6OS3. The molecule has 0 saturated carbocycles. The van der Waals surface area contributed by atoms with E-state index in [2.05, 4.69) is 31.7 Å². The molecule has 0 atom stereocenters. The van der Waals surface area contributed by atoms with Crippen LogP contribution in [-0.4, -0.2) is 30.9 Å². The number of carbonyl (C=O) groups is 1. The van der Waals surface area contributed by atoms with Crippen molar-refractivity contribution in [2.24, 2.45) is 0 Å². The smallest absolute Gasteiger partial charge is 0.294 e. The van der Waals surface area contributed by atoms with Gasteiger partial charge in [-0.3, -0.25) is 10.1 Å². The Morgan fingerprint density at radius 2 is 2.11 bits per heavy atom. The Balaban J connectivity index is 1.44. The number of anilines is 1. The normalized spacial score (nSPS) is 10.9. The third-order valence-corrected chi connectivity index (χ3v) is 7.00. The number of para-hydroxylation sites is 1. The molecule has 142 valence electrons. The SMILES string of the molecule is Cc1nc(C(=O)Nc2nnc(SCc3cccs3)s2)nn1-c1ccccc1Cl. The van der Waals surface area contributed by atoms with Crippen LogP contribution in [-0.2, 0) is 5.75 Å². The van der Waals surface area contributed by atoms with E-state index < -0.39 is 5.91 Å². The molecule has 1 aromatic carbocycles. The summed E-state index contributed by atoms with van der Waals surface area (Å²) in [5.41, 5.74) is 0.663. The summed E-state index contributed by atoms with van der Waals surface area (Å²) in [6.45, 7) is 1.76. The maximum atomic E-state index is 12.5. The summed E-state index contributed by atoms with van der Waals surface area (Å²) >= 11 is 10.8. The molecule has 11 heteroatoms. The predicted molar refractivity (Wildman–Crippen MR) is 113 cm³/mol. The third kappa shape index (κ3) is 4.25. The summed E-state index contributed by atoms with van der Waals surface area (Å²) in [5.74, 6) is 0.978. The van der Waals surface area contributed by atoms with Gasteiger partial charge in [-0.15, -0.1) is 26.6 Å². The van der Waals surface area contributed by atoms with E-state index in [0.29, 0.717) is 21.7 Å². The van der Waals surface area contributed by atoms with Crippen LogP contribution in [0.25, 0.3) is 5.69 Å². The summed E-state index contributed by atoms with van der Waals surface area (Å²) in [5, 5.41) is 18.1. The molecule has 0 bridgehead atoms. The standard InChI is InChI=1S/C17H13ClN6OS3/c1-10-19-14(23-24(10)13-7-3-2-6-12(13)18)15(25)20-16-21-22-17(28-16)27-9-11-5-4-8-26-11/h2-8H,9H2,1H3,(H,20,21,25). The van der Waals surface area contributed by atoms with Crippen molar-refractivity contribution in [2.75, 3.05) is 5.32 Å². The van der Waals surface area contributed by atoms with Crippen LogP contribution in [0.2, 0.25) is 5.02 Å². The largest absolute Gasteiger partial charge is 0.297 e. The average Bonchev–Trinajstić information content (AvgIpc) is 3.42. The van der Waals surface area contributed by atoms with Gasteiger partial charge in [-0.2, -0.15) is 0 Å². The number of aryl methyl sites for hydroxylation is 1. The second kappa shape index (κ2) is 8.39. The molecular weight excluding hydrogens is 436 g/mol. The molecule has 3 aromatic heterocycles.